The highest BCUT2D eigenvalue weighted by Crippen LogP contribution is 2.47. The van der Waals surface area contributed by atoms with Gasteiger partial charge in [-0.1, -0.05) is 81.4 Å². The summed E-state index contributed by atoms with van der Waals surface area (Å²) in [4.78, 5) is 28.7. The van der Waals surface area contributed by atoms with Crippen LogP contribution in [-0.4, -0.2) is 79.0 Å². The molecular weight excluding hydrogens is 547 g/mol. The van der Waals surface area contributed by atoms with Crippen molar-refractivity contribution in [3.8, 4) is 0 Å². The van der Waals surface area contributed by atoms with Gasteiger partial charge in [0.1, 0.15) is 0 Å². The molecule has 5 rings (SSSR count). The molecule has 2 amide bonds. The Morgan fingerprint density at radius 2 is 1.51 bits per heavy atom. The van der Waals surface area contributed by atoms with Gasteiger partial charge in [0.2, 0.25) is 5.91 Å². The molecule has 2 aromatic carbocycles. The number of piperazine rings is 1. The summed E-state index contributed by atoms with van der Waals surface area (Å²) in [6.45, 7) is 10.9. The highest BCUT2D eigenvalue weighted by Gasteiger charge is 2.61. The number of nitrogens with zero attached hydrogens (tertiary/aromatic N) is 2. The number of hydrogen-bond donors (Lipinski definition) is 1. The van der Waals surface area contributed by atoms with Gasteiger partial charge in [0.15, 0.2) is 0 Å². The molecule has 1 aliphatic carbocycles. The minimum atomic E-state index is -4.92. The molecule has 10 heteroatoms. The molecular formula is C31H40F3N3O3Si. The van der Waals surface area contributed by atoms with Gasteiger partial charge in [-0.25, -0.2) is 0 Å². The molecule has 2 heterocycles. The maximum atomic E-state index is 13.9. The number of carbonyl (C=O) groups is 2. The lowest BCUT2D eigenvalue weighted by Gasteiger charge is -2.48. The predicted molar refractivity (Wildman–Crippen MR) is 154 cm³/mol. The Kier molecular flexibility index (Phi) is 7.44. The van der Waals surface area contributed by atoms with Gasteiger partial charge in [0, 0.05) is 32.1 Å². The monoisotopic (exact) mass is 587 g/mol. The summed E-state index contributed by atoms with van der Waals surface area (Å²) in [6, 6.07) is 19.6. The van der Waals surface area contributed by atoms with Crippen molar-refractivity contribution in [2.24, 2.45) is 0 Å². The minimum absolute atomic E-state index is 0.118. The normalized spacial score (nSPS) is 26.3. The van der Waals surface area contributed by atoms with Gasteiger partial charge in [0.25, 0.3) is 8.32 Å². The molecule has 3 fully saturated rings. The molecule has 6 nitrogen and oxygen atoms in total. The number of halogens is 3. The molecule has 0 aromatic heterocycles. The SMILES string of the molecule is C[C@H]1CN(C(=O)C(F)(F)F)C2(CC2)CN1C(=O)[C@@H]1C[C@](C)(O[Si](c2ccccc2)(c2ccccc2)C(C)(C)C)CN1. The third-order valence-corrected chi connectivity index (χ3v) is 14.3. The Labute approximate surface area is 241 Å². The molecule has 1 spiro atoms. The van der Waals surface area contributed by atoms with Crippen LogP contribution in [0.15, 0.2) is 60.7 Å². The first kappa shape index (κ1) is 29.8. The van der Waals surface area contributed by atoms with Crippen LogP contribution in [0.2, 0.25) is 5.04 Å². The zero-order valence-corrected chi connectivity index (χ0v) is 25.4. The van der Waals surface area contributed by atoms with Gasteiger partial charge in [-0.3, -0.25) is 9.59 Å². The Morgan fingerprint density at radius 3 is 1.98 bits per heavy atom. The average Bonchev–Trinajstić information content (AvgIpc) is 3.59. The van der Waals surface area contributed by atoms with Crippen LogP contribution in [0.4, 0.5) is 13.2 Å². The fourth-order valence-electron chi connectivity index (χ4n) is 6.82. The summed E-state index contributed by atoms with van der Waals surface area (Å²) in [5.74, 6) is -1.95. The van der Waals surface area contributed by atoms with E-state index in [2.05, 4.69) is 57.3 Å². The van der Waals surface area contributed by atoms with E-state index in [4.69, 9.17) is 4.43 Å². The largest absolute Gasteiger partial charge is 0.471 e. The van der Waals surface area contributed by atoms with Crippen molar-refractivity contribution in [1.82, 2.24) is 15.1 Å². The number of nitrogens with one attached hydrogen (secondary N) is 1. The van der Waals surface area contributed by atoms with Crippen LogP contribution in [0.5, 0.6) is 0 Å². The van der Waals surface area contributed by atoms with E-state index in [1.165, 1.54) is 0 Å². The molecule has 1 N–H and O–H groups in total. The van der Waals surface area contributed by atoms with Crippen molar-refractivity contribution in [2.75, 3.05) is 19.6 Å². The highest BCUT2D eigenvalue weighted by molar-refractivity contribution is 6.99. The van der Waals surface area contributed by atoms with Crippen molar-refractivity contribution in [1.29, 1.82) is 0 Å². The van der Waals surface area contributed by atoms with Crippen LogP contribution in [0.25, 0.3) is 0 Å². The lowest BCUT2D eigenvalue weighted by atomic mass is 9.99. The van der Waals surface area contributed by atoms with Crippen molar-refractivity contribution < 1.29 is 27.2 Å². The Balaban J connectivity index is 1.39. The molecule has 41 heavy (non-hydrogen) atoms. The number of amides is 2. The Bertz CT molecular complexity index is 1240. The van der Waals surface area contributed by atoms with Crippen molar-refractivity contribution >= 4 is 30.5 Å². The van der Waals surface area contributed by atoms with Crippen LogP contribution in [0.1, 0.15) is 53.9 Å². The molecule has 2 aromatic rings. The van der Waals surface area contributed by atoms with Crippen molar-refractivity contribution in [3.63, 3.8) is 0 Å². The van der Waals surface area contributed by atoms with E-state index < -0.39 is 43.6 Å². The lowest BCUT2D eigenvalue weighted by Crippen LogP contribution is -2.69. The zero-order chi connectivity index (χ0) is 29.8. The standard InChI is InChI=1S/C31H40F3N3O3Si/c1-22-19-37(27(39)31(32,33)34)30(16-17-30)21-36(22)26(38)25-18-29(5,20-35-25)40-41(28(2,3)4,23-12-8-6-9-13-23)24-14-10-7-11-15-24/h6-15,22,25,35H,16-21H2,1-5H3/t22-,25-,29-/m0/s1. The van der Waals surface area contributed by atoms with Crippen molar-refractivity contribution in [2.45, 2.75) is 88.3 Å². The fraction of sp³-hybridized carbons (Fsp3) is 0.548. The second kappa shape index (κ2) is 10.2. The average molecular weight is 588 g/mol. The maximum Gasteiger partial charge on any atom is 0.471 e. The second-order valence-electron chi connectivity index (χ2n) is 13.3. The van der Waals surface area contributed by atoms with Crippen LogP contribution in [-0.2, 0) is 14.0 Å². The quantitative estimate of drug-likeness (QED) is 0.541. The minimum Gasteiger partial charge on any atom is -0.401 e. The Hall–Kier alpha value is -2.69. The predicted octanol–water partition coefficient (Wildman–Crippen LogP) is 3.84. The molecule has 0 radical (unpaired) electrons. The first-order chi connectivity index (χ1) is 19.1. The molecule has 2 saturated heterocycles. The van der Waals surface area contributed by atoms with E-state index >= 15 is 0 Å². The number of carbonyl (C=O) groups excluding carboxylic acids is 2. The van der Waals surface area contributed by atoms with E-state index in [1.807, 2.05) is 36.4 Å². The summed E-state index contributed by atoms with van der Waals surface area (Å²) >= 11 is 0. The molecule has 0 unspecified atom stereocenters. The fourth-order valence-corrected chi connectivity index (χ4v) is 11.6. The van der Waals surface area contributed by atoms with Gasteiger partial charge in [0.05, 0.1) is 17.2 Å². The zero-order valence-electron chi connectivity index (χ0n) is 24.4. The number of rotatable bonds is 5. The molecule has 222 valence electrons. The van der Waals surface area contributed by atoms with E-state index in [-0.39, 0.29) is 24.0 Å². The van der Waals surface area contributed by atoms with E-state index in [9.17, 15) is 22.8 Å². The van der Waals surface area contributed by atoms with Gasteiger partial charge in [-0.2, -0.15) is 13.2 Å². The summed E-state index contributed by atoms with van der Waals surface area (Å²) in [5.41, 5.74) is -1.57. The highest BCUT2D eigenvalue weighted by atomic mass is 28.4. The van der Waals surface area contributed by atoms with Crippen LogP contribution in [0, 0.1) is 0 Å². The summed E-state index contributed by atoms with van der Waals surface area (Å²) in [5, 5.41) is 5.48. The number of benzene rings is 2. The molecule has 2 aliphatic heterocycles. The molecule has 1 saturated carbocycles. The Morgan fingerprint density at radius 1 is 0.976 bits per heavy atom. The van der Waals surface area contributed by atoms with Gasteiger partial charge < -0.3 is 19.5 Å². The first-order valence-corrected chi connectivity index (χ1v) is 16.3. The van der Waals surface area contributed by atoms with Crippen LogP contribution in [0.3, 0.4) is 0 Å². The van der Waals surface area contributed by atoms with Crippen LogP contribution >= 0.6 is 0 Å². The third kappa shape index (κ3) is 5.34. The van der Waals surface area contributed by atoms with E-state index in [0.717, 1.165) is 15.3 Å². The molecule has 3 aliphatic rings. The third-order valence-electron chi connectivity index (χ3n) is 9.09. The summed E-state index contributed by atoms with van der Waals surface area (Å²) in [7, 11) is -2.87. The number of alkyl halides is 3. The van der Waals surface area contributed by atoms with Gasteiger partial charge in [-0.05, 0) is 42.1 Å². The summed E-state index contributed by atoms with van der Waals surface area (Å²) < 4.78 is 47.3. The van der Waals surface area contributed by atoms with E-state index in [1.54, 1.807) is 11.8 Å². The topological polar surface area (TPSA) is 61.9 Å². The molecule has 3 atom stereocenters. The lowest BCUT2D eigenvalue weighted by molar-refractivity contribution is -0.193. The second-order valence-corrected chi connectivity index (χ2v) is 17.5. The number of hydrogen-bond acceptors (Lipinski definition) is 4. The summed E-state index contributed by atoms with van der Waals surface area (Å²) in [6.07, 6.45) is -3.54. The van der Waals surface area contributed by atoms with Crippen LogP contribution < -0.4 is 15.7 Å². The smallest absolute Gasteiger partial charge is 0.401 e. The van der Waals surface area contributed by atoms with Crippen molar-refractivity contribution in [3.05, 3.63) is 60.7 Å². The maximum absolute atomic E-state index is 13.9. The first-order valence-electron chi connectivity index (χ1n) is 14.4. The van der Waals surface area contributed by atoms with E-state index in [0.29, 0.717) is 25.8 Å². The van der Waals surface area contributed by atoms with Gasteiger partial charge in [-0.15, -0.1) is 0 Å². The molecule has 0 bridgehead atoms. The van der Waals surface area contributed by atoms with Gasteiger partial charge >= 0.3 is 12.1 Å².